The molecule has 0 aliphatic heterocycles. The largest absolute Gasteiger partial charge is 5.00 e. The van der Waals surface area contributed by atoms with Crippen LogP contribution in [0.3, 0.4) is 0 Å². The van der Waals surface area contributed by atoms with Crippen LogP contribution in [0.15, 0.2) is 0 Å². The van der Waals surface area contributed by atoms with Crippen LogP contribution in [0.4, 0.5) is 0 Å². The van der Waals surface area contributed by atoms with Gasteiger partial charge in [0.05, 0.1) is 0 Å². The number of rotatable bonds is 0. The maximum absolute atomic E-state index is 0. The van der Waals surface area contributed by atoms with E-state index >= 15 is 0 Å². The van der Waals surface area contributed by atoms with E-state index in [1.807, 2.05) is 0 Å². The number of hydrogen-bond donors (Lipinski definition) is 0. The minimum absolute atomic E-state index is 0. The van der Waals surface area contributed by atoms with Crippen molar-refractivity contribution in [1.82, 2.24) is 0 Å². The Morgan fingerprint density at radius 1 is 1.00 bits per heavy atom. The first-order chi connectivity index (χ1) is 0. The number of hydrogen-bond acceptors (Lipinski definition) is 0. The van der Waals surface area contributed by atoms with E-state index in [9.17, 15) is 0 Å². The van der Waals surface area contributed by atoms with Crippen LogP contribution in [-0.4, -0.2) is 0 Å². The van der Waals surface area contributed by atoms with Crippen LogP contribution in [0.5, 0.6) is 0 Å². The Morgan fingerprint density at radius 2 is 1.00 bits per heavy atom. The molecule has 1 nitrogen and oxygen atoms in total. The third kappa shape index (κ3) is 9.01. The van der Waals surface area contributed by atoms with Gasteiger partial charge in [-0.2, -0.15) is 0 Å². The average molecular weight is 459 g/mol. The molecule has 0 aromatic heterocycles. The first-order valence-electron chi connectivity index (χ1n) is 0. The summed E-state index contributed by atoms with van der Waals surface area (Å²) < 4.78 is 0. The van der Waals surface area contributed by atoms with Gasteiger partial charge in [0.15, 0.2) is 0 Å². The summed E-state index contributed by atoms with van der Waals surface area (Å²) in [6, 6.07) is 0. The molecule has 0 rings (SSSR count). The van der Waals surface area contributed by atoms with E-state index in [1.165, 1.54) is 0 Å². The molecule has 4 heteroatoms. The zero-order chi connectivity index (χ0) is 0. The zero-order valence-corrected chi connectivity index (χ0v) is 9.47. The quantitative estimate of drug-likeness (QED) is 0.484. The normalized spacial score (nSPS) is 0. The van der Waals surface area contributed by atoms with Crippen LogP contribution in [0.2, 0.25) is 0 Å². The van der Waals surface area contributed by atoms with E-state index in [2.05, 4.69) is 0 Å². The van der Waals surface area contributed by atoms with Gasteiger partial charge in [-0.3, -0.25) is 0 Å². The predicted octanol–water partition coefficient (Wildman–Crippen LogP) is -0.124. The summed E-state index contributed by atoms with van der Waals surface area (Å²) in [5, 5.41) is 0. The predicted molar refractivity (Wildman–Crippen MR) is 0.686 cm³/mol. The smallest absolute Gasteiger partial charge is 2.00 e. The van der Waals surface area contributed by atoms with Gasteiger partial charge in [-0.25, -0.2) is 0 Å². The van der Waals surface area contributed by atoms with Crippen molar-refractivity contribution in [2.45, 2.75) is 0 Å². The molecule has 0 aliphatic rings. The van der Waals surface area contributed by atoms with Gasteiger partial charge < -0.3 is 5.48 Å². The molecular weight excluding hydrogens is 459 g/mol. The van der Waals surface area contributed by atoms with E-state index in [0.29, 0.717) is 0 Å². The van der Waals surface area contributed by atoms with Gasteiger partial charge >= 0.3 is 102 Å². The van der Waals surface area contributed by atoms with Crippen molar-refractivity contribution in [2.24, 2.45) is 0 Å². The minimum atomic E-state index is 0. The van der Waals surface area contributed by atoms with Gasteiger partial charge in [-0.05, 0) is 0 Å². The molecule has 0 aromatic carbocycles. The van der Waals surface area contributed by atoms with Crippen LogP contribution >= 0.6 is 0 Å². The first-order valence-corrected chi connectivity index (χ1v) is 0. The SMILES string of the molecule is [O-2].[Ta+5].[Y+3].[Yb+3]. The first kappa shape index (κ1) is 26.5. The third-order valence-corrected chi connectivity index (χ3v) is 0. The van der Waals surface area contributed by atoms with Crippen molar-refractivity contribution in [2.75, 3.05) is 0 Å². The second-order valence-corrected chi connectivity index (χ2v) is 0. The van der Waals surface area contributed by atoms with Gasteiger partial charge in [0.1, 0.15) is 0 Å². The Bertz CT molecular complexity index is 8.00. The van der Waals surface area contributed by atoms with Crippen LogP contribution in [0, 0.1) is 46.9 Å². The fraction of sp³-hybridized carbons (Fsp3) is 0. The summed E-state index contributed by atoms with van der Waals surface area (Å²) in [4.78, 5) is 0. The summed E-state index contributed by atoms with van der Waals surface area (Å²) in [7, 11) is 0. The monoisotopic (exact) mass is 460 g/mol. The molecule has 1 radical (unpaired) electrons. The van der Waals surface area contributed by atoms with Gasteiger partial charge in [-0.15, -0.1) is 0 Å². The molecule has 4 heavy (non-hydrogen) atoms. The van der Waals surface area contributed by atoms with Gasteiger partial charge in [0, 0.05) is 0 Å². The molecule has 0 aromatic rings. The molecule has 19 valence electrons. The van der Waals surface area contributed by atoms with Crippen LogP contribution in [0.1, 0.15) is 0 Å². The van der Waals surface area contributed by atoms with Crippen molar-refractivity contribution in [3.05, 3.63) is 0 Å². The molecule has 0 fully saturated rings. The second kappa shape index (κ2) is 16.2. The van der Waals surface area contributed by atoms with Crippen LogP contribution in [0.25, 0.3) is 0 Å². The second-order valence-electron chi connectivity index (χ2n) is 0. The Kier molecular flexibility index (Phi) is 108. The van der Waals surface area contributed by atoms with Gasteiger partial charge in [0.25, 0.3) is 0 Å². The Labute approximate surface area is 105 Å². The maximum atomic E-state index is 0. The molecular formula is OTaYYb+9. The average Bonchev–Trinajstić information content (AvgIpc) is 0. The summed E-state index contributed by atoms with van der Waals surface area (Å²) >= 11 is 0. The Balaban J connectivity index is 0. The fourth-order valence-corrected chi connectivity index (χ4v) is 0. The minimum Gasteiger partial charge on any atom is -2.00 e. The topological polar surface area (TPSA) is 28.5 Å². The molecule has 0 aliphatic carbocycles. The Morgan fingerprint density at radius 3 is 1.00 bits per heavy atom. The van der Waals surface area contributed by atoms with Crippen LogP contribution < -0.4 is 0 Å². The van der Waals surface area contributed by atoms with Crippen molar-refractivity contribution in [1.29, 1.82) is 0 Å². The van der Waals surface area contributed by atoms with E-state index in [-0.39, 0.29) is 107 Å². The summed E-state index contributed by atoms with van der Waals surface area (Å²) in [5.41, 5.74) is 0. The fourth-order valence-electron chi connectivity index (χ4n) is 0. The van der Waals surface area contributed by atoms with Gasteiger partial charge in [-0.1, -0.05) is 0 Å². The van der Waals surface area contributed by atoms with Crippen molar-refractivity contribution in [3.8, 4) is 0 Å². The van der Waals surface area contributed by atoms with E-state index in [1.54, 1.807) is 0 Å². The van der Waals surface area contributed by atoms with Crippen molar-refractivity contribution in [3.63, 3.8) is 0 Å². The Hall–Kier alpha value is 3.32. The third-order valence-electron chi connectivity index (χ3n) is 0. The molecule has 0 N–H and O–H groups in total. The van der Waals surface area contributed by atoms with E-state index in [0.717, 1.165) is 0 Å². The molecule has 0 amide bonds. The van der Waals surface area contributed by atoms with Crippen molar-refractivity contribution < 1.29 is 107 Å². The molecule has 0 heterocycles. The summed E-state index contributed by atoms with van der Waals surface area (Å²) in [6.07, 6.45) is 0. The molecule has 0 spiro atoms. The van der Waals surface area contributed by atoms with E-state index < -0.39 is 0 Å². The molecule has 0 bridgehead atoms. The summed E-state index contributed by atoms with van der Waals surface area (Å²) in [5.74, 6) is 0. The standard InChI is InChI=1S/O.Ta.Y.Yb/q-2;+5;2*+3. The van der Waals surface area contributed by atoms with E-state index in [4.69, 9.17) is 0 Å². The molecule has 0 unspecified atom stereocenters. The molecule has 0 saturated carbocycles. The van der Waals surface area contributed by atoms with Crippen molar-refractivity contribution >= 4 is 0 Å². The summed E-state index contributed by atoms with van der Waals surface area (Å²) in [6.45, 7) is 0. The van der Waals surface area contributed by atoms with Crippen LogP contribution in [-0.2, 0) is 60.6 Å². The van der Waals surface area contributed by atoms with Gasteiger partial charge in [0.2, 0.25) is 0 Å². The zero-order valence-electron chi connectivity index (χ0n) is 1.70. The molecule has 0 saturated heterocycles. The maximum Gasteiger partial charge on any atom is 5.00 e. The molecule has 0 atom stereocenters.